The molecule has 1 saturated carbocycles. The van der Waals surface area contributed by atoms with Gasteiger partial charge in [-0.2, -0.15) is 0 Å². The van der Waals surface area contributed by atoms with Crippen molar-refractivity contribution in [1.29, 1.82) is 0 Å². The van der Waals surface area contributed by atoms with Crippen molar-refractivity contribution in [1.82, 2.24) is 4.57 Å². The number of pyridine rings is 1. The molecule has 0 atom stereocenters. The van der Waals surface area contributed by atoms with Crippen molar-refractivity contribution in [3.8, 4) is 0 Å². The first-order chi connectivity index (χ1) is 10.3. The molecule has 4 nitrogen and oxygen atoms in total. The highest BCUT2D eigenvalue weighted by atomic mass is 16.3. The molecule has 2 aromatic heterocycles. The molecule has 0 aliphatic heterocycles. The van der Waals surface area contributed by atoms with E-state index in [-0.39, 0.29) is 5.91 Å². The van der Waals surface area contributed by atoms with Gasteiger partial charge in [0.05, 0.1) is 12.3 Å². The summed E-state index contributed by atoms with van der Waals surface area (Å²) in [6.07, 6.45) is 9.28. The van der Waals surface area contributed by atoms with Crippen LogP contribution in [0.3, 0.4) is 0 Å². The minimum absolute atomic E-state index is 0.160. The summed E-state index contributed by atoms with van der Waals surface area (Å²) in [5.41, 5.74) is 1.56. The smallest absolute Gasteiger partial charge is 0.299 e. The third-order valence-corrected chi connectivity index (χ3v) is 4.00. The molecule has 1 fully saturated rings. The third-order valence-electron chi connectivity index (χ3n) is 4.00. The van der Waals surface area contributed by atoms with Crippen molar-refractivity contribution in [2.45, 2.75) is 45.1 Å². The van der Waals surface area contributed by atoms with Gasteiger partial charge in [0.15, 0.2) is 5.76 Å². The van der Waals surface area contributed by atoms with E-state index in [1.807, 2.05) is 25.1 Å². The van der Waals surface area contributed by atoms with Gasteiger partial charge in [-0.25, -0.2) is 0 Å². The molecular weight excluding hydrogens is 264 g/mol. The zero-order valence-electron chi connectivity index (χ0n) is 12.3. The standard InChI is InChI=1S/C17H20N2O2/c1-13-10-12-21-16(13)17(20)19-11-6-5-9-15(19)18-14-7-3-2-4-8-14/h5-6,9-12,14H,2-4,7-8H2,1H3. The van der Waals surface area contributed by atoms with Gasteiger partial charge in [-0.15, -0.1) is 0 Å². The largest absolute Gasteiger partial charge is 0.459 e. The zero-order chi connectivity index (χ0) is 14.7. The van der Waals surface area contributed by atoms with Crippen LogP contribution in [0.1, 0.15) is 48.2 Å². The molecule has 1 aliphatic carbocycles. The first-order valence-electron chi connectivity index (χ1n) is 7.56. The van der Waals surface area contributed by atoms with Crippen molar-refractivity contribution in [3.05, 3.63) is 53.5 Å². The fourth-order valence-electron chi connectivity index (χ4n) is 2.81. The number of hydrogen-bond donors (Lipinski definition) is 0. The van der Waals surface area contributed by atoms with E-state index >= 15 is 0 Å². The second-order valence-corrected chi connectivity index (χ2v) is 5.59. The Morgan fingerprint density at radius 1 is 1.24 bits per heavy atom. The van der Waals surface area contributed by atoms with Gasteiger partial charge in [-0.1, -0.05) is 25.3 Å². The van der Waals surface area contributed by atoms with Crippen LogP contribution in [-0.4, -0.2) is 16.5 Å². The second kappa shape index (κ2) is 6.12. The lowest BCUT2D eigenvalue weighted by molar-refractivity contribution is 0.0926. The molecule has 4 heteroatoms. The highest BCUT2D eigenvalue weighted by molar-refractivity contribution is 5.94. The van der Waals surface area contributed by atoms with Gasteiger partial charge in [0.25, 0.3) is 5.91 Å². The van der Waals surface area contributed by atoms with E-state index in [1.54, 1.807) is 23.1 Å². The van der Waals surface area contributed by atoms with Gasteiger partial charge < -0.3 is 4.42 Å². The van der Waals surface area contributed by atoms with Crippen molar-refractivity contribution in [2.24, 2.45) is 4.99 Å². The van der Waals surface area contributed by atoms with Crippen molar-refractivity contribution in [3.63, 3.8) is 0 Å². The van der Waals surface area contributed by atoms with Crippen LogP contribution in [0.15, 0.2) is 46.1 Å². The second-order valence-electron chi connectivity index (χ2n) is 5.59. The Labute approximate surface area is 124 Å². The molecule has 1 aliphatic rings. The first-order valence-corrected chi connectivity index (χ1v) is 7.56. The Morgan fingerprint density at radius 3 is 2.76 bits per heavy atom. The van der Waals surface area contributed by atoms with Gasteiger partial charge >= 0.3 is 0 Å². The van der Waals surface area contributed by atoms with Crippen molar-refractivity contribution >= 4 is 5.91 Å². The Hall–Kier alpha value is -2.10. The monoisotopic (exact) mass is 284 g/mol. The van der Waals surface area contributed by atoms with Crippen LogP contribution in [-0.2, 0) is 0 Å². The fraction of sp³-hybridized carbons (Fsp3) is 0.412. The molecule has 0 aromatic carbocycles. The lowest BCUT2D eigenvalue weighted by Gasteiger charge is -2.17. The van der Waals surface area contributed by atoms with E-state index in [4.69, 9.17) is 9.41 Å². The highest BCUT2D eigenvalue weighted by Crippen LogP contribution is 2.19. The van der Waals surface area contributed by atoms with Crippen molar-refractivity contribution < 1.29 is 9.21 Å². The molecule has 0 spiro atoms. The predicted octanol–water partition coefficient (Wildman–Crippen LogP) is 3.31. The molecule has 110 valence electrons. The molecule has 0 bridgehead atoms. The maximum absolute atomic E-state index is 12.6. The Morgan fingerprint density at radius 2 is 2.05 bits per heavy atom. The first kappa shape index (κ1) is 13.9. The number of nitrogens with zero attached hydrogens (tertiary/aromatic N) is 2. The van der Waals surface area contributed by atoms with Gasteiger partial charge in [0.2, 0.25) is 0 Å². The molecule has 21 heavy (non-hydrogen) atoms. The zero-order valence-corrected chi connectivity index (χ0v) is 12.3. The van der Waals surface area contributed by atoms with Crippen molar-refractivity contribution in [2.75, 3.05) is 0 Å². The number of furan rings is 1. The average molecular weight is 284 g/mol. The molecule has 0 radical (unpaired) electrons. The molecule has 0 saturated heterocycles. The van der Waals surface area contributed by atoms with Gasteiger partial charge in [-0.3, -0.25) is 14.4 Å². The number of aryl methyl sites for hydroxylation is 1. The molecule has 3 rings (SSSR count). The minimum Gasteiger partial charge on any atom is -0.459 e. The lowest BCUT2D eigenvalue weighted by Crippen LogP contribution is -2.29. The summed E-state index contributed by atoms with van der Waals surface area (Å²) >= 11 is 0. The summed E-state index contributed by atoms with van der Waals surface area (Å²) in [6, 6.07) is 7.79. The van der Waals surface area contributed by atoms with Crippen LogP contribution in [0.2, 0.25) is 0 Å². The van der Waals surface area contributed by atoms with Crippen LogP contribution < -0.4 is 5.49 Å². The molecule has 2 aromatic rings. The van der Waals surface area contributed by atoms with Crippen LogP contribution in [0.4, 0.5) is 0 Å². The quantitative estimate of drug-likeness (QED) is 0.849. The summed E-state index contributed by atoms with van der Waals surface area (Å²) in [7, 11) is 0. The third kappa shape index (κ3) is 2.99. The van der Waals surface area contributed by atoms with Gasteiger partial charge in [0.1, 0.15) is 5.49 Å². The van der Waals surface area contributed by atoms with E-state index in [9.17, 15) is 4.79 Å². The summed E-state index contributed by atoms with van der Waals surface area (Å²) in [5.74, 6) is 0.221. The Balaban J connectivity index is 1.98. The topological polar surface area (TPSA) is 47.5 Å². The highest BCUT2D eigenvalue weighted by Gasteiger charge is 2.16. The van der Waals surface area contributed by atoms with Crippen LogP contribution in [0, 0.1) is 6.92 Å². The van der Waals surface area contributed by atoms with Gasteiger partial charge in [0, 0.05) is 11.8 Å². The predicted molar refractivity (Wildman–Crippen MR) is 80.0 cm³/mol. The van der Waals surface area contributed by atoms with E-state index < -0.39 is 0 Å². The van der Waals surface area contributed by atoms with Crippen LogP contribution in [0.25, 0.3) is 0 Å². The normalized spacial score (nSPS) is 17.1. The maximum atomic E-state index is 12.6. The van der Waals surface area contributed by atoms with Crippen LogP contribution >= 0.6 is 0 Å². The summed E-state index contributed by atoms with van der Waals surface area (Å²) < 4.78 is 6.90. The summed E-state index contributed by atoms with van der Waals surface area (Å²) in [5, 5.41) is 0. The van der Waals surface area contributed by atoms with E-state index in [0.29, 0.717) is 17.3 Å². The maximum Gasteiger partial charge on any atom is 0.299 e. The number of hydrogen-bond acceptors (Lipinski definition) is 3. The molecular formula is C17H20N2O2. The van der Waals surface area contributed by atoms with E-state index in [0.717, 1.165) is 18.4 Å². The van der Waals surface area contributed by atoms with E-state index in [1.165, 1.54) is 19.3 Å². The molecule has 2 heterocycles. The Bertz CT molecular complexity index is 691. The van der Waals surface area contributed by atoms with Gasteiger partial charge in [-0.05, 0) is 38.0 Å². The molecule has 0 unspecified atom stereocenters. The summed E-state index contributed by atoms with van der Waals surface area (Å²) in [4.78, 5) is 17.4. The lowest BCUT2D eigenvalue weighted by atomic mass is 9.96. The molecule has 0 amide bonds. The van der Waals surface area contributed by atoms with Crippen LogP contribution in [0.5, 0.6) is 0 Å². The number of carbonyl (C=O) groups excluding carboxylic acids is 1. The average Bonchev–Trinajstić information content (AvgIpc) is 2.94. The number of aromatic nitrogens is 1. The SMILES string of the molecule is Cc1ccoc1C(=O)n1ccccc1=NC1CCCCC1. The summed E-state index contributed by atoms with van der Waals surface area (Å²) in [6.45, 7) is 1.87. The minimum atomic E-state index is -0.160. The van der Waals surface area contributed by atoms with E-state index in [2.05, 4.69) is 0 Å². The Kier molecular flexibility index (Phi) is 4.04. The number of carbonyl (C=O) groups is 1. The number of rotatable bonds is 2. The molecule has 0 N–H and O–H groups in total. The fourth-order valence-corrected chi connectivity index (χ4v) is 2.81.